The zero-order valence-electron chi connectivity index (χ0n) is 13.5. The molecule has 2 rings (SSSR count). The second kappa shape index (κ2) is 6.82. The van der Waals surface area contributed by atoms with Crippen LogP contribution in [-0.2, 0) is 0 Å². The summed E-state index contributed by atoms with van der Waals surface area (Å²) in [5.41, 5.74) is 0.891. The minimum Gasteiger partial charge on any atom is -0.466 e. The minimum absolute atomic E-state index is 0.213. The maximum Gasteiger partial charge on any atom is 0.401 e. The van der Waals surface area contributed by atoms with Gasteiger partial charge in [-0.25, -0.2) is 4.79 Å². The van der Waals surface area contributed by atoms with Crippen molar-refractivity contribution in [1.82, 2.24) is 15.5 Å². The second-order valence-electron chi connectivity index (χ2n) is 6.04. The Morgan fingerprint density at radius 3 is 2.74 bits per heavy atom. The van der Waals surface area contributed by atoms with Crippen molar-refractivity contribution in [3.05, 3.63) is 23.2 Å². The van der Waals surface area contributed by atoms with E-state index in [0.29, 0.717) is 13.0 Å². The third-order valence-electron chi connectivity index (χ3n) is 3.90. The van der Waals surface area contributed by atoms with Gasteiger partial charge in [0.25, 0.3) is 0 Å². The Hall–Kier alpha value is -1.70. The molecule has 2 heterocycles. The molecule has 1 aromatic rings. The number of urea groups is 1. The lowest BCUT2D eigenvalue weighted by atomic mass is 10.1. The topological polar surface area (TPSA) is 57.5 Å². The van der Waals surface area contributed by atoms with Gasteiger partial charge < -0.3 is 15.1 Å². The fourth-order valence-corrected chi connectivity index (χ4v) is 2.93. The molecule has 130 valence electrons. The molecule has 0 saturated carbocycles. The molecule has 0 aromatic carbocycles. The number of furan rings is 1. The van der Waals surface area contributed by atoms with Crippen LogP contribution in [0.25, 0.3) is 0 Å². The normalized spacial score (nSPS) is 20.5. The van der Waals surface area contributed by atoms with Gasteiger partial charge in [0.15, 0.2) is 0 Å². The lowest BCUT2D eigenvalue weighted by molar-refractivity contribution is -0.143. The second-order valence-corrected chi connectivity index (χ2v) is 6.04. The molecular formula is C15H22F3N3O2. The van der Waals surface area contributed by atoms with Gasteiger partial charge in [-0.1, -0.05) is 0 Å². The zero-order valence-corrected chi connectivity index (χ0v) is 13.5. The highest BCUT2D eigenvalue weighted by atomic mass is 19.4. The number of carbonyl (C=O) groups is 1. The molecule has 0 unspecified atom stereocenters. The molecule has 0 bridgehead atoms. The van der Waals surface area contributed by atoms with Crippen molar-refractivity contribution in [2.24, 2.45) is 0 Å². The van der Waals surface area contributed by atoms with Gasteiger partial charge in [0.1, 0.15) is 11.5 Å². The molecule has 8 heteroatoms. The molecule has 1 aliphatic rings. The zero-order chi connectivity index (χ0) is 17.2. The van der Waals surface area contributed by atoms with E-state index < -0.39 is 12.7 Å². The van der Waals surface area contributed by atoms with Crippen molar-refractivity contribution in [2.75, 3.05) is 19.6 Å². The Bertz CT molecular complexity index is 557. The van der Waals surface area contributed by atoms with Crippen LogP contribution in [0.1, 0.15) is 36.5 Å². The van der Waals surface area contributed by atoms with Gasteiger partial charge in [0, 0.05) is 24.7 Å². The summed E-state index contributed by atoms with van der Waals surface area (Å²) in [5.74, 6) is 1.51. The molecule has 1 fully saturated rings. The van der Waals surface area contributed by atoms with Gasteiger partial charge in [0.05, 0.1) is 12.6 Å². The Morgan fingerprint density at radius 2 is 2.17 bits per heavy atom. The lowest BCUT2D eigenvalue weighted by Crippen LogP contribution is -2.44. The van der Waals surface area contributed by atoms with Crippen molar-refractivity contribution in [2.45, 2.75) is 45.5 Å². The SMILES string of the molecule is Cc1cc([C@@H](C)NC(=O)N[C@H]2CCN(CC(F)(F)F)C2)c(C)o1. The van der Waals surface area contributed by atoms with E-state index in [0.717, 1.165) is 17.1 Å². The Kier molecular flexibility index (Phi) is 5.23. The minimum atomic E-state index is -4.21. The number of likely N-dealkylation sites (tertiary alicyclic amines) is 1. The number of hydrogen-bond acceptors (Lipinski definition) is 3. The Labute approximate surface area is 133 Å². The highest BCUT2D eigenvalue weighted by molar-refractivity contribution is 5.74. The summed E-state index contributed by atoms with van der Waals surface area (Å²) < 4.78 is 42.5. The van der Waals surface area contributed by atoms with E-state index >= 15 is 0 Å². The number of hydrogen-bond donors (Lipinski definition) is 2. The first-order chi connectivity index (χ1) is 10.6. The summed E-state index contributed by atoms with van der Waals surface area (Å²) in [6, 6.07) is 0.979. The fraction of sp³-hybridized carbons (Fsp3) is 0.667. The first-order valence-corrected chi connectivity index (χ1v) is 7.57. The molecule has 2 atom stereocenters. The van der Waals surface area contributed by atoms with E-state index in [4.69, 9.17) is 4.42 Å². The van der Waals surface area contributed by atoms with Crippen molar-refractivity contribution < 1.29 is 22.4 Å². The first kappa shape index (κ1) is 17.7. The van der Waals surface area contributed by atoms with Crippen LogP contribution >= 0.6 is 0 Å². The van der Waals surface area contributed by atoms with Gasteiger partial charge >= 0.3 is 12.2 Å². The van der Waals surface area contributed by atoms with Crippen LogP contribution in [0.2, 0.25) is 0 Å². The summed E-state index contributed by atoms with van der Waals surface area (Å²) in [7, 11) is 0. The third-order valence-corrected chi connectivity index (χ3v) is 3.90. The summed E-state index contributed by atoms with van der Waals surface area (Å²) in [4.78, 5) is 13.3. The van der Waals surface area contributed by atoms with E-state index in [-0.39, 0.29) is 24.7 Å². The number of carbonyl (C=O) groups excluding carboxylic acids is 1. The predicted molar refractivity (Wildman–Crippen MR) is 79.2 cm³/mol. The average Bonchev–Trinajstić information content (AvgIpc) is 2.93. The summed E-state index contributed by atoms with van der Waals surface area (Å²) in [6.45, 7) is 5.10. The van der Waals surface area contributed by atoms with Crippen molar-refractivity contribution in [3.8, 4) is 0 Å². The fourth-order valence-electron chi connectivity index (χ4n) is 2.93. The highest BCUT2D eigenvalue weighted by Crippen LogP contribution is 2.22. The molecule has 0 radical (unpaired) electrons. The van der Waals surface area contributed by atoms with Gasteiger partial charge in [-0.2, -0.15) is 13.2 Å². The van der Waals surface area contributed by atoms with Gasteiger partial charge in [-0.05, 0) is 33.3 Å². The van der Waals surface area contributed by atoms with Crippen LogP contribution in [-0.4, -0.2) is 42.8 Å². The first-order valence-electron chi connectivity index (χ1n) is 7.57. The van der Waals surface area contributed by atoms with E-state index in [1.807, 2.05) is 26.8 Å². The van der Waals surface area contributed by atoms with Gasteiger partial charge in [0.2, 0.25) is 0 Å². The monoisotopic (exact) mass is 333 g/mol. The molecule has 1 aromatic heterocycles. The smallest absolute Gasteiger partial charge is 0.401 e. The average molecular weight is 333 g/mol. The number of nitrogens with one attached hydrogen (secondary N) is 2. The maximum absolute atomic E-state index is 12.3. The van der Waals surface area contributed by atoms with Gasteiger partial charge in [-0.15, -0.1) is 0 Å². The van der Waals surface area contributed by atoms with E-state index in [1.54, 1.807) is 0 Å². The van der Waals surface area contributed by atoms with Crippen LogP contribution < -0.4 is 10.6 Å². The molecule has 23 heavy (non-hydrogen) atoms. The summed E-state index contributed by atoms with van der Waals surface area (Å²) in [5, 5.41) is 5.52. The van der Waals surface area contributed by atoms with Crippen molar-refractivity contribution >= 4 is 6.03 Å². The largest absolute Gasteiger partial charge is 0.466 e. The number of halogens is 3. The van der Waals surface area contributed by atoms with Crippen molar-refractivity contribution in [1.29, 1.82) is 0 Å². The Morgan fingerprint density at radius 1 is 1.48 bits per heavy atom. The molecular weight excluding hydrogens is 311 g/mol. The molecule has 2 amide bonds. The van der Waals surface area contributed by atoms with Crippen LogP contribution in [0.3, 0.4) is 0 Å². The van der Waals surface area contributed by atoms with Crippen LogP contribution in [0, 0.1) is 13.8 Å². The molecule has 2 N–H and O–H groups in total. The van der Waals surface area contributed by atoms with Crippen molar-refractivity contribution in [3.63, 3.8) is 0 Å². The quantitative estimate of drug-likeness (QED) is 0.891. The van der Waals surface area contributed by atoms with E-state index in [1.165, 1.54) is 4.90 Å². The van der Waals surface area contributed by atoms with Crippen LogP contribution in [0.4, 0.5) is 18.0 Å². The Balaban J connectivity index is 1.80. The molecule has 0 aliphatic carbocycles. The number of nitrogens with zero attached hydrogens (tertiary/aromatic N) is 1. The summed E-state index contributed by atoms with van der Waals surface area (Å²) >= 11 is 0. The van der Waals surface area contributed by atoms with Crippen LogP contribution in [0.15, 0.2) is 10.5 Å². The predicted octanol–water partition coefficient (Wildman–Crippen LogP) is 2.89. The van der Waals surface area contributed by atoms with E-state index in [2.05, 4.69) is 10.6 Å². The van der Waals surface area contributed by atoms with E-state index in [9.17, 15) is 18.0 Å². The number of rotatable bonds is 4. The van der Waals surface area contributed by atoms with Gasteiger partial charge in [-0.3, -0.25) is 4.90 Å². The molecule has 1 aliphatic heterocycles. The third kappa shape index (κ3) is 5.16. The van der Waals surface area contributed by atoms with Crippen LogP contribution in [0.5, 0.6) is 0 Å². The molecule has 1 saturated heterocycles. The highest BCUT2D eigenvalue weighted by Gasteiger charge is 2.34. The maximum atomic E-state index is 12.3. The number of alkyl halides is 3. The summed E-state index contributed by atoms with van der Waals surface area (Å²) in [6.07, 6.45) is -3.69. The standard InChI is InChI=1S/C15H22F3N3O2/c1-9-6-13(11(3)23-9)10(2)19-14(22)20-12-4-5-21(7-12)8-15(16,17)18/h6,10,12H,4-5,7-8H2,1-3H3,(H2,19,20,22)/t10-,12+/m1/s1. The molecule has 5 nitrogen and oxygen atoms in total. The number of aryl methyl sites for hydroxylation is 2. The lowest BCUT2D eigenvalue weighted by Gasteiger charge is -2.19. The number of amides is 2. The molecule has 0 spiro atoms.